The average Bonchev–Trinajstić information content (AvgIpc) is 2.87. The molecule has 1 saturated heterocycles. The second kappa shape index (κ2) is 9.75. The second-order valence-corrected chi connectivity index (χ2v) is 7.64. The Morgan fingerprint density at radius 1 is 1.33 bits per heavy atom. The Morgan fingerprint density at radius 2 is 2.07 bits per heavy atom. The van der Waals surface area contributed by atoms with Crippen LogP contribution in [0.3, 0.4) is 0 Å². The molecule has 1 aliphatic heterocycles. The lowest BCUT2D eigenvalue weighted by Crippen LogP contribution is -2.30. The van der Waals surface area contributed by atoms with E-state index in [2.05, 4.69) is 0 Å². The van der Waals surface area contributed by atoms with Gasteiger partial charge in [0.25, 0.3) is 5.91 Å². The molecule has 0 saturated carbocycles. The molecule has 1 heterocycles. The number of thioether (sulfide) groups is 1. The van der Waals surface area contributed by atoms with Gasteiger partial charge in [-0.15, -0.1) is 0 Å². The Morgan fingerprint density at radius 3 is 2.70 bits per heavy atom. The van der Waals surface area contributed by atoms with Crippen LogP contribution in [-0.4, -0.2) is 47.5 Å². The first-order valence-electron chi connectivity index (χ1n) is 8.61. The van der Waals surface area contributed by atoms with Crippen LogP contribution in [0.5, 0.6) is 11.5 Å². The van der Waals surface area contributed by atoms with E-state index in [0.717, 1.165) is 5.56 Å². The smallest absolute Gasteiger partial charge is 0.307 e. The summed E-state index contributed by atoms with van der Waals surface area (Å²) in [6, 6.07) is 5.47. The van der Waals surface area contributed by atoms with Crippen molar-refractivity contribution in [2.45, 2.75) is 33.3 Å². The van der Waals surface area contributed by atoms with Crippen LogP contribution < -0.4 is 9.47 Å². The summed E-state index contributed by atoms with van der Waals surface area (Å²) in [6.07, 6.45) is 1.90. The molecule has 0 radical (unpaired) electrons. The standard InChI is InChI=1S/C19H23NO5S2/c1-5-24-17(21)8-9-20-18(22)16(27-19(20)26)11-13-6-7-14(25-12(2)3)15(10-13)23-4/h6-7,10-12H,5,8-9H2,1-4H3/b16-11-. The minimum atomic E-state index is -0.346. The lowest BCUT2D eigenvalue weighted by molar-refractivity contribution is -0.143. The number of hydrogen-bond acceptors (Lipinski definition) is 7. The van der Waals surface area contributed by atoms with Crippen LogP contribution in [0.25, 0.3) is 6.08 Å². The maximum Gasteiger partial charge on any atom is 0.307 e. The number of carbonyl (C=O) groups is 2. The highest BCUT2D eigenvalue weighted by Gasteiger charge is 2.32. The first kappa shape index (κ1) is 21.2. The Labute approximate surface area is 168 Å². The van der Waals surface area contributed by atoms with Crippen molar-refractivity contribution < 1.29 is 23.8 Å². The Bertz CT molecular complexity index is 760. The Kier molecular flexibility index (Phi) is 7.67. The summed E-state index contributed by atoms with van der Waals surface area (Å²) >= 11 is 6.49. The highest BCUT2D eigenvalue weighted by Crippen LogP contribution is 2.35. The molecule has 1 amide bonds. The molecular formula is C19H23NO5S2. The van der Waals surface area contributed by atoms with Crippen molar-refractivity contribution in [1.29, 1.82) is 0 Å². The molecular weight excluding hydrogens is 386 g/mol. The number of carbonyl (C=O) groups excluding carboxylic acids is 2. The minimum absolute atomic E-state index is 0.0281. The van der Waals surface area contributed by atoms with E-state index in [4.69, 9.17) is 26.4 Å². The third-order valence-corrected chi connectivity index (χ3v) is 4.94. The van der Waals surface area contributed by atoms with Gasteiger partial charge in [-0.3, -0.25) is 14.5 Å². The zero-order valence-corrected chi connectivity index (χ0v) is 17.4. The molecule has 0 spiro atoms. The molecule has 0 aliphatic carbocycles. The third-order valence-electron chi connectivity index (χ3n) is 3.57. The molecule has 146 valence electrons. The molecule has 0 unspecified atom stereocenters. The zero-order valence-electron chi connectivity index (χ0n) is 15.8. The van der Waals surface area contributed by atoms with Gasteiger partial charge in [0.15, 0.2) is 11.5 Å². The van der Waals surface area contributed by atoms with Gasteiger partial charge >= 0.3 is 5.97 Å². The molecule has 27 heavy (non-hydrogen) atoms. The molecule has 0 bridgehead atoms. The van der Waals surface area contributed by atoms with E-state index in [1.54, 1.807) is 20.1 Å². The molecule has 0 aromatic heterocycles. The minimum Gasteiger partial charge on any atom is -0.493 e. The van der Waals surface area contributed by atoms with Crippen molar-refractivity contribution in [2.24, 2.45) is 0 Å². The van der Waals surface area contributed by atoms with Crippen LogP contribution in [0.2, 0.25) is 0 Å². The second-order valence-electron chi connectivity index (χ2n) is 5.97. The van der Waals surface area contributed by atoms with Crippen LogP contribution in [0.15, 0.2) is 23.1 Å². The van der Waals surface area contributed by atoms with Gasteiger partial charge < -0.3 is 14.2 Å². The average molecular weight is 410 g/mol. The number of methoxy groups -OCH3 is 1. The molecule has 0 atom stereocenters. The largest absolute Gasteiger partial charge is 0.493 e. The van der Waals surface area contributed by atoms with E-state index >= 15 is 0 Å². The fourth-order valence-corrected chi connectivity index (χ4v) is 3.71. The summed E-state index contributed by atoms with van der Waals surface area (Å²) in [5, 5.41) is 0. The van der Waals surface area contributed by atoms with E-state index < -0.39 is 0 Å². The highest BCUT2D eigenvalue weighted by molar-refractivity contribution is 8.26. The van der Waals surface area contributed by atoms with Crippen LogP contribution in [-0.2, 0) is 14.3 Å². The van der Waals surface area contributed by atoms with Crippen molar-refractivity contribution in [3.05, 3.63) is 28.7 Å². The normalized spacial score (nSPS) is 15.6. The number of esters is 1. The van der Waals surface area contributed by atoms with E-state index in [-0.39, 0.29) is 30.9 Å². The third kappa shape index (κ3) is 5.71. The predicted octanol–water partition coefficient (Wildman–Crippen LogP) is 3.64. The van der Waals surface area contributed by atoms with Gasteiger partial charge in [-0.2, -0.15) is 0 Å². The van der Waals surface area contributed by atoms with Crippen molar-refractivity contribution in [1.82, 2.24) is 4.90 Å². The van der Waals surface area contributed by atoms with Gasteiger partial charge in [-0.05, 0) is 44.5 Å². The van der Waals surface area contributed by atoms with Gasteiger partial charge in [-0.1, -0.05) is 30.0 Å². The van der Waals surface area contributed by atoms with Gasteiger partial charge in [0.2, 0.25) is 0 Å². The van der Waals surface area contributed by atoms with Crippen LogP contribution >= 0.6 is 24.0 Å². The van der Waals surface area contributed by atoms with E-state index in [9.17, 15) is 9.59 Å². The molecule has 1 aromatic carbocycles. The molecule has 1 aromatic rings. The number of benzene rings is 1. The summed E-state index contributed by atoms with van der Waals surface area (Å²) in [5.74, 6) is 0.679. The summed E-state index contributed by atoms with van der Waals surface area (Å²) in [4.78, 5) is 26.0. The molecule has 2 rings (SSSR count). The highest BCUT2D eigenvalue weighted by atomic mass is 32.2. The zero-order chi connectivity index (χ0) is 20.0. The Balaban J connectivity index is 2.13. The van der Waals surface area contributed by atoms with Crippen molar-refractivity contribution in [3.8, 4) is 11.5 Å². The van der Waals surface area contributed by atoms with Gasteiger partial charge in [0, 0.05) is 6.54 Å². The van der Waals surface area contributed by atoms with E-state index in [1.165, 1.54) is 16.7 Å². The topological polar surface area (TPSA) is 65.1 Å². The number of nitrogens with zero attached hydrogens (tertiary/aromatic N) is 1. The molecule has 1 fully saturated rings. The van der Waals surface area contributed by atoms with Crippen LogP contribution in [0.1, 0.15) is 32.8 Å². The molecule has 8 heteroatoms. The van der Waals surface area contributed by atoms with Crippen molar-refractivity contribution in [3.63, 3.8) is 0 Å². The summed E-state index contributed by atoms with van der Waals surface area (Å²) in [6.45, 7) is 6.15. The maximum atomic E-state index is 12.6. The monoisotopic (exact) mass is 409 g/mol. The van der Waals surface area contributed by atoms with Crippen LogP contribution in [0, 0.1) is 0 Å². The van der Waals surface area contributed by atoms with E-state index in [0.29, 0.717) is 27.3 Å². The number of ether oxygens (including phenoxy) is 3. The molecule has 1 aliphatic rings. The van der Waals surface area contributed by atoms with E-state index in [1.807, 2.05) is 32.0 Å². The number of amides is 1. The first-order chi connectivity index (χ1) is 12.8. The van der Waals surface area contributed by atoms with Gasteiger partial charge in [0.1, 0.15) is 4.32 Å². The Hall–Kier alpha value is -2.06. The molecule has 6 nitrogen and oxygen atoms in total. The van der Waals surface area contributed by atoms with Crippen molar-refractivity contribution in [2.75, 3.05) is 20.3 Å². The fourth-order valence-electron chi connectivity index (χ4n) is 2.41. The number of thiocarbonyl (C=S) groups is 1. The summed E-state index contributed by atoms with van der Waals surface area (Å²) < 4.78 is 16.4. The predicted molar refractivity (Wildman–Crippen MR) is 110 cm³/mol. The summed E-state index contributed by atoms with van der Waals surface area (Å²) in [5.41, 5.74) is 0.800. The van der Waals surface area contributed by atoms with Crippen molar-refractivity contribution >= 4 is 46.3 Å². The van der Waals surface area contributed by atoms with Gasteiger partial charge in [0.05, 0.1) is 31.1 Å². The quantitative estimate of drug-likeness (QED) is 0.369. The lowest BCUT2D eigenvalue weighted by Gasteiger charge is -2.14. The number of rotatable bonds is 8. The van der Waals surface area contributed by atoms with Gasteiger partial charge in [-0.25, -0.2) is 0 Å². The first-order valence-corrected chi connectivity index (χ1v) is 9.83. The lowest BCUT2D eigenvalue weighted by atomic mass is 10.2. The van der Waals surface area contributed by atoms with Crippen LogP contribution in [0.4, 0.5) is 0 Å². The molecule has 0 N–H and O–H groups in total. The maximum absolute atomic E-state index is 12.6. The SMILES string of the molecule is CCOC(=O)CCN1C(=O)/C(=C/c2ccc(OC(C)C)c(OC)c2)SC1=S. The fraction of sp³-hybridized carbons (Fsp3) is 0.421. The number of hydrogen-bond donors (Lipinski definition) is 0. The summed E-state index contributed by atoms with van der Waals surface area (Å²) in [7, 11) is 1.57.